The van der Waals surface area contributed by atoms with Crippen LogP contribution in [0.5, 0.6) is 5.75 Å². The first-order valence-corrected chi connectivity index (χ1v) is 11.5. The van der Waals surface area contributed by atoms with Gasteiger partial charge in [0.05, 0.1) is 5.39 Å². The summed E-state index contributed by atoms with van der Waals surface area (Å²) < 4.78 is 45.7. The van der Waals surface area contributed by atoms with Crippen LogP contribution in [0.25, 0.3) is 22.2 Å². The number of carbonyl (C=O) groups excluding carboxylic acids is 1. The fourth-order valence-electron chi connectivity index (χ4n) is 3.52. The summed E-state index contributed by atoms with van der Waals surface area (Å²) in [5, 5.41) is 17.7. The van der Waals surface area contributed by atoms with Crippen LogP contribution >= 0.6 is 0 Å². The minimum absolute atomic E-state index is 0.144. The molecule has 0 saturated carbocycles. The van der Waals surface area contributed by atoms with Crippen LogP contribution in [0.4, 0.5) is 19.0 Å². The van der Waals surface area contributed by atoms with Crippen LogP contribution in [-0.2, 0) is 11.2 Å². The largest absolute Gasteiger partial charge is 0.573 e. The molecule has 2 aromatic carbocycles. The Balaban J connectivity index is 1.14. The molecule has 0 aliphatic heterocycles. The number of benzene rings is 2. The van der Waals surface area contributed by atoms with E-state index in [0.29, 0.717) is 29.9 Å². The zero-order valence-electron chi connectivity index (χ0n) is 19.5. The summed E-state index contributed by atoms with van der Waals surface area (Å²) >= 11 is 0. The Hall–Kier alpha value is -4.42. The van der Waals surface area contributed by atoms with E-state index < -0.39 is 6.36 Å². The summed E-state index contributed by atoms with van der Waals surface area (Å²) in [6.45, 7) is 1.11. The predicted molar refractivity (Wildman–Crippen MR) is 128 cm³/mol. The van der Waals surface area contributed by atoms with Gasteiger partial charge in [-0.15, -0.1) is 13.2 Å². The van der Waals surface area contributed by atoms with Gasteiger partial charge in [0.2, 0.25) is 17.6 Å². The van der Waals surface area contributed by atoms with Gasteiger partial charge >= 0.3 is 6.36 Å². The van der Waals surface area contributed by atoms with Crippen molar-refractivity contribution in [3.63, 3.8) is 0 Å². The highest BCUT2D eigenvalue weighted by atomic mass is 19.4. The molecule has 13 heteroatoms. The molecule has 2 heterocycles. The van der Waals surface area contributed by atoms with E-state index in [1.54, 1.807) is 12.1 Å². The Morgan fingerprint density at radius 1 is 1.03 bits per heavy atom. The zero-order chi connectivity index (χ0) is 26.3. The molecule has 0 aliphatic rings. The molecule has 0 atom stereocenters. The van der Waals surface area contributed by atoms with E-state index in [0.717, 1.165) is 30.4 Å². The number of H-pyrrole nitrogens is 1. The molecule has 37 heavy (non-hydrogen) atoms. The third-order valence-electron chi connectivity index (χ3n) is 5.29. The molecule has 0 bridgehead atoms. The fraction of sp³-hybridized carbons (Fsp3) is 0.292. The number of aryl methyl sites for hydroxylation is 1. The molecule has 0 fully saturated rings. The molecule has 4 aromatic rings. The van der Waals surface area contributed by atoms with Gasteiger partial charge in [0.25, 0.3) is 5.56 Å². The minimum atomic E-state index is -4.77. The number of carbonyl (C=O) groups is 1. The molecule has 0 radical (unpaired) electrons. The average molecular weight is 516 g/mol. The van der Waals surface area contributed by atoms with Gasteiger partial charge in [-0.05, 0) is 43.2 Å². The normalized spacial score (nSPS) is 11.4. The van der Waals surface area contributed by atoms with Crippen molar-refractivity contribution in [3.05, 3.63) is 64.8 Å². The van der Waals surface area contributed by atoms with Crippen LogP contribution in [0, 0.1) is 0 Å². The standard InChI is InChI=1S/C24H23F3N6O4/c25-24(26,27)36-16-9-7-15(8-10-16)21-30-20(37-33-21)12-11-19(34)28-13-3-4-14-29-22-17-5-1-2-6-18(17)23(35)32-31-22/h1-2,5-10H,3-4,11-14H2,(H,28,34)(H,29,31)(H,32,35). The predicted octanol–water partition coefficient (Wildman–Crippen LogP) is 3.81. The summed E-state index contributed by atoms with van der Waals surface area (Å²) in [6, 6.07) is 12.3. The van der Waals surface area contributed by atoms with Crippen molar-refractivity contribution in [1.82, 2.24) is 25.7 Å². The molecule has 2 aromatic heterocycles. The van der Waals surface area contributed by atoms with Gasteiger partial charge in [0.15, 0.2) is 5.82 Å². The number of nitrogens with zero attached hydrogens (tertiary/aromatic N) is 3. The molecule has 1 amide bonds. The van der Waals surface area contributed by atoms with Crippen LogP contribution in [-0.4, -0.2) is 45.7 Å². The van der Waals surface area contributed by atoms with Gasteiger partial charge in [-0.1, -0.05) is 23.4 Å². The maximum absolute atomic E-state index is 12.3. The lowest BCUT2D eigenvalue weighted by Gasteiger charge is -2.08. The van der Waals surface area contributed by atoms with Crippen LogP contribution in [0.1, 0.15) is 25.2 Å². The quantitative estimate of drug-likeness (QED) is 0.256. The van der Waals surface area contributed by atoms with Gasteiger partial charge in [-0.25, -0.2) is 5.10 Å². The fourth-order valence-corrected chi connectivity index (χ4v) is 3.52. The Labute approximate surface area is 208 Å². The van der Waals surface area contributed by atoms with Crippen LogP contribution in [0.15, 0.2) is 57.8 Å². The van der Waals surface area contributed by atoms with Gasteiger partial charge in [0.1, 0.15) is 5.75 Å². The van der Waals surface area contributed by atoms with E-state index in [2.05, 4.69) is 35.7 Å². The summed E-state index contributed by atoms with van der Waals surface area (Å²) in [7, 11) is 0. The number of ether oxygens (including phenoxy) is 1. The van der Waals surface area contributed by atoms with Crippen molar-refractivity contribution in [2.24, 2.45) is 0 Å². The maximum Gasteiger partial charge on any atom is 0.573 e. The van der Waals surface area contributed by atoms with Gasteiger partial charge in [-0.2, -0.15) is 10.1 Å². The van der Waals surface area contributed by atoms with Crippen molar-refractivity contribution >= 4 is 22.5 Å². The van der Waals surface area contributed by atoms with Crippen molar-refractivity contribution in [2.75, 3.05) is 18.4 Å². The topological polar surface area (TPSA) is 135 Å². The number of aromatic amines is 1. The maximum atomic E-state index is 12.3. The molecule has 10 nitrogen and oxygen atoms in total. The van der Waals surface area contributed by atoms with Gasteiger partial charge in [0, 0.05) is 36.9 Å². The Morgan fingerprint density at radius 3 is 2.51 bits per heavy atom. The number of anilines is 1. The number of unbranched alkanes of at least 4 members (excludes halogenated alkanes) is 1. The van der Waals surface area contributed by atoms with Crippen molar-refractivity contribution in [2.45, 2.75) is 32.0 Å². The lowest BCUT2D eigenvalue weighted by atomic mass is 10.2. The van der Waals surface area contributed by atoms with E-state index >= 15 is 0 Å². The Kier molecular flexibility index (Phi) is 8.01. The summed E-state index contributed by atoms with van der Waals surface area (Å²) in [5.74, 6) is 0.518. The number of nitrogens with one attached hydrogen (secondary N) is 3. The molecule has 0 aliphatic carbocycles. The third-order valence-corrected chi connectivity index (χ3v) is 5.29. The molecule has 0 spiro atoms. The molecule has 3 N–H and O–H groups in total. The average Bonchev–Trinajstić information content (AvgIpc) is 3.35. The number of hydrogen-bond acceptors (Lipinski definition) is 8. The lowest BCUT2D eigenvalue weighted by Crippen LogP contribution is -2.25. The molecule has 0 saturated heterocycles. The number of alkyl halides is 3. The number of rotatable bonds is 11. The molecular formula is C24H23F3N6O4. The van der Waals surface area contributed by atoms with E-state index in [1.165, 1.54) is 12.1 Å². The van der Waals surface area contributed by atoms with Crippen LogP contribution in [0.3, 0.4) is 0 Å². The van der Waals surface area contributed by atoms with Crippen LogP contribution < -0.4 is 20.9 Å². The first kappa shape index (κ1) is 25.7. The second kappa shape index (κ2) is 11.5. The highest BCUT2D eigenvalue weighted by molar-refractivity contribution is 5.90. The first-order chi connectivity index (χ1) is 17.8. The Morgan fingerprint density at radius 2 is 1.76 bits per heavy atom. The third kappa shape index (κ3) is 7.29. The number of amides is 1. The van der Waals surface area contributed by atoms with E-state index in [9.17, 15) is 22.8 Å². The number of fused-ring (bicyclic) bond motifs is 1. The lowest BCUT2D eigenvalue weighted by molar-refractivity contribution is -0.274. The summed E-state index contributed by atoms with van der Waals surface area (Å²) in [4.78, 5) is 28.1. The van der Waals surface area contributed by atoms with E-state index in [1.807, 2.05) is 12.1 Å². The molecular weight excluding hydrogens is 493 g/mol. The monoisotopic (exact) mass is 516 g/mol. The van der Waals surface area contributed by atoms with Gasteiger partial charge in [-0.3, -0.25) is 9.59 Å². The van der Waals surface area contributed by atoms with Crippen molar-refractivity contribution < 1.29 is 27.2 Å². The summed E-state index contributed by atoms with van der Waals surface area (Å²) in [5.41, 5.74) is 0.210. The SMILES string of the molecule is O=C(CCc1nc(-c2ccc(OC(F)(F)F)cc2)no1)NCCCCNc1n[nH]c(=O)c2ccccc12. The minimum Gasteiger partial charge on any atom is -0.406 e. The highest BCUT2D eigenvalue weighted by Crippen LogP contribution is 2.25. The number of aromatic nitrogens is 4. The number of halogens is 3. The summed E-state index contributed by atoms with van der Waals surface area (Å²) in [6.07, 6.45) is -2.89. The molecule has 0 unspecified atom stereocenters. The van der Waals surface area contributed by atoms with E-state index in [4.69, 9.17) is 4.52 Å². The smallest absolute Gasteiger partial charge is 0.406 e. The first-order valence-electron chi connectivity index (χ1n) is 11.5. The molecule has 194 valence electrons. The van der Waals surface area contributed by atoms with Gasteiger partial charge < -0.3 is 19.9 Å². The van der Waals surface area contributed by atoms with Crippen LogP contribution in [0.2, 0.25) is 0 Å². The number of hydrogen-bond donors (Lipinski definition) is 3. The second-order valence-electron chi connectivity index (χ2n) is 8.01. The second-order valence-corrected chi connectivity index (χ2v) is 8.01. The molecule has 4 rings (SSSR count). The Bertz CT molecular complexity index is 1400. The van der Waals surface area contributed by atoms with Crippen molar-refractivity contribution in [3.8, 4) is 17.1 Å². The van der Waals surface area contributed by atoms with Crippen molar-refractivity contribution in [1.29, 1.82) is 0 Å². The highest BCUT2D eigenvalue weighted by Gasteiger charge is 2.31. The van der Waals surface area contributed by atoms with E-state index in [-0.39, 0.29) is 41.8 Å². The zero-order valence-corrected chi connectivity index (χ0v) is 19.5.